The molecule has 0 aliphatic carbocycles. The molecule has 2 unspecified atom stereocenters. The minimum absolute atomic E-state index is 0.0977. The summed E-state index contributed by atoms with van der Waals surface area (Å²) in [6.07, 6.45) is 0. The Morgan fingerprint density at radius 3 is 3.17 bits per heavy atom. The summed E-state index contributed by atoms with van der Waals surface area (Å²) in [6, 6.07) is 9.06. The number of thioether (sulfide) groups is 1. The van der Waals surface area contributed by atoms with E-state index in [1.165, 1.54) is 11.1 Å². The number of nitrogens with one attached hydrogen (secondary N) is 2. The highest BCUT2D eigenvalue weighted by atomic mass is 32.2. The fraction of sp³-hybridized carbons (Fsp3) is 0.417. The van der Waals surface area contributed by atoms with Gasteiger partial charge in [-0.25, -0.2) is 0 Å². The number of nitrogens with zero attached hydrogens (tertiary/aromatic N) is 3. The molecule has 0 amide bonds. The van der Waals surface area contributed by atoms with Crippen molar-refractivity contribution in [2.45, 2.75) is 24.8 Å². The normalized spacial score (nSPS) is 20.4. The number of hydrogen-bond donors (Lipinski definition) is 2. The molecule has 18 heavy (non-hydrogen) atoms. The number of H-pyrrole nitrogens is 1. The summed E-state index contributed by atoms with van der Waals surface area (Å²) in [6.45, 7) is 2.06. The predicted molar refractivity (Wildman–Crippen MR) is 71.1 cm³/mol. The van der Waals surface area contributed by atoms with Crippen molar-refractivity contribution < 1.29 is 0 Å². The minimum Gasteiger partial charge on any atom is -0.300 e. The Morgan fingerprint density at radius 2 is 2.33 bits per heavy atom. The average Bonchev–Trinajstić information content (AvgIpc) is 2.93. The summed E-state index contributed by atoms with van der Waals surface area (Å²) < 4.78 is 0. The zero-order chi connectivity index (χ0) is 12.4. The fourth-order valence-corrected chi connectivity index (χ4v) is 3.36. The lowest BCUT2D eigenvalue weighted by atomic mass is 10.0. The van der Waals surface area contributed by atoms with Gasteiger partial charge < -0.3 is 0 Å². The monoisotopic (exact) mass is 261 g/mol. The van der Waals surface area contributed by atoms with Crippen LogP contribution in [-0.2, 0) is 5.75 Å². The Hall–Kier alpha value is -1.40. The van der Waals surface area contributed by atoms with E-state index in [0.29, 0.717) is 11.9 Å². The van der Waals surface area contributed by atoms with Crippen LogP contribution < -0.4 is 5.32 Å². The van der Waals surface area contributed by atoms with Gasteiger partial charge in [-0.15, -0.1) is 10.2 Å². The van der Waals surface area contributed by atoms with Gasteiger partial charge in [0, 0.05) is 17.5 Å². The SMILES string of the molecule is CC(NC1CSCc2ccccc21)c1nn[nH]n1. The van der Waals surface area contributed by atoms with Crippen LogP contribution in [0.15, 0.2) is 24.3 Å². The summed E-state index contributed by atoms with van der Waals surface area (Å²) in [5.41, 5.74) is 2.82. The van der Waals surface area contributed by atoms with Crippen molar-refractivity contribution in [3.8, 4) is 0 Å². The molecule has 2 N–H and O–H groups in total. The Morgan fingerprint density at radius 1 is 1.44 bits per heavy atom. The number of rotatable bonds is 3. The highest BCUT2D eigenvalue weighted by Crippen LogP contribution is 2.32. The van der Waals surface area contributed by atoms with Gasteiger partial charge >= 0.3 is 0 Å². The maximum atomic E-state index is 4.02. The topological polar surface area (TPSA) is 66.5 Å². The largest absolute Gasteiger partial charge is 0.300 e. The molecular formula is C12H15N5S. The molecule has 1 aliphatic heterocycles. The van der Waals surface area contributed by atoms with Crippen LogP contribution in [0, 0.1) is 0 Å². The number of aromatic amines is 1. The molecule has 0 radical (unpaired) electrons. The standard InChI is InChI=1S/C12H15N5S/c1-8(12-14-16-17-15-12)13-11-7-18-6-9-4-2-3-5-10(9)11/h2-5,8,11,13H,6-7H2,1H3,(H,14,15,16,17). The highest BCUT2D eigenvalue weighted by molar-refractivity contribution is 7.98. The second kappa shape index (κ2) is 5.07. The van der Waals surface area contributed by atoms with Crippen molar-refractivity contribution in [1.29, 1.82) is 0 Å². The summed E-state index contributed by atoms with van der Waals surface area (Å²) in [5.74, 6) is 2.90. The van der Waals surface area contributed by atoms with Gasteiger partial charge in [-0.05, 0) is 18.1 Å². The molecule has 0 spiro atoms. The number of tetrazole rings is 1. The first-order chi connectivity index (χ1) is 8.84. The minimum atomic E-state index is 0.0977. The number of benzene rings is 1. The molecule has 0 bridgehead atoms. The zero-order valence-electron chi connectivity index (χ0n) is 10.1. The number of hydrogen-bond acceptors (Lipinski definition) is 5. The molecule has 1 aliphatic rings. The van der Waals surface area contributed by atoms with E-state index in [1.54, 1.807) is 0 Å². The summed E-state index contributed by atoms with van der Waals surface area (Å²) in [7, 11) is 0. The van der Waals surface area contributed by atoms with Crippen LogP contribution in [0.2, 0.25) is 0 Å². The third-order valence-electron chi connectivity index (χ3n) is 3.17. The molecule has 0 saturated carbocycles. The van der Waals surface area contributed by atoms with Crippen molar-refractivity contribution in [2.75, 3.05) is 5.75 Å². The van der Waals surface area contributed by atoms with Crippen LogP contribution in [0.1, 0.15) is 36.0 Å². The molecule has 2 atom stereocenters. The van der Waals surface area contributed by atoms with Gasteiger partial charge in [0.1, 0.15) is 0 Å². The molecule has 5 nitrogen and oxygen atoms in total. The average molecular weight is 261 g/mol. The lowest BCUT2D eigenvalue weighted by Gasteiger charge is -2.28. The van der Waals surface area contributed by atoms with Gasteiger partial charge in [0.05, 0.1) is 6.04 Å². The van der Waals surface area contributed by atoms with Crippen molar-refractivity contribution >= 4 is 11.8 Å². The summed E-state index contributed by atoms with van der Waals surface area (Å²) in [4.78, 5) is 0. The lowest BCUT2D eigenvalue weighted by Crippen LogP contribution is -2.29. The molecule has 0 fully saturated rings. The molecule has 0 saturated heterocycles. The van der Waals surface area contributed by atoms with E-state index in [4.69, 9.17) is 0 Å². The maximum Gasteiger partial charge on any atom is 0.191 e. The van der Waals surface area contributed by atoms with E-state index in [9.17, 15) is 0 Å². The highest BCUT2D eigenvalue weighted by Gasteiger charge is 2.23. The molecular weight excluding hydrogens is 246 g/mol. The van der Waals surface area contributed by atoms with E-state index in [1.807, 2.05) is 11.8 Å². The third kappa shape index (κ3) is 2.26. The Labute approximate surface area is 110 Å². The van der Waals surface area contributed by atoms with Crippen LogP contribution in [0.4, 0.5) is 0 Å². The lowest BCUT2D eigenvalue weighted by molar-refractivity contribution is 0.478. The summed E-state index contributed by atoms with van der Waals surface area (Å²) in [5, 5.41) is 17.7. The Balaban J connectivity index is 1.78. The molecule has 1 aromatic heterocycles. The predicted octanol–water partition coefficient (Wildman–Crippen LogP) is 1.84. The van der Waals surface area contributed by atoms with Gasteiger partial charge in [0.25, 0.3) is 0 Å². The second-order valence-corrected chi connectivity index (χ2v) is 5.46. The molecule has 2 heterocycles. The zero-order valence-corrected chi connectivity index (χ0v) is 10.9. The van der Waals surface area contributed by atoms with Gasteiger partial charge in [-0.2, -0.15) is 17.0 Å². The van der Waals surface area contributed by atoms with Crippen LogP contribution >= 0.6 is 11.8 Å². The van der Waals surface area contributed by atoms with Crippen molar-refractivity contribution in [3.05, 3.63) is 41.2 Å². The van der Waals surface area contributed by atoms with E-state index in [2.05, 4.69) is 57.1 Å². The molecule has 1 aromatic carbocycles. The van der Waals surface area contributed by atoms with E-state index >= 15 is 0 Å². The van der Waals surface area contributed by atoms with E-state index < -0.39 is 0 Å². The van der Waals surface area contributed by atoms with E-state index in [-0.39, 0.29) is 6.04 Å². The Bertz CT molecular complexity index is 513. The third-order valence-corrected chi connectivity index (χ3v) is 4.26. The van der Waals surface area contributed by atoms with Crippen LogP contribution in [-0.4, -0.2) is 26.4 Å². The first-order valence-corrected chi connectivity index (χ1v) is 7.15. The molecule has 2 aromatic rings. The first kappa shape index (κ1) is 11.7. The van der Waals surface area contributed by atoms with Gasteiger partial charge in [0.2, 0.25) is 0 Å². The van der Waals surface area contributed by atoms with Crippen LogP contribution in [0.3, 0.4) is 0 Å². The molecule has 3 rings (SSSR count). The summed E-state index contributed by atoms with van der Waals surface area (Å²) >= 11 is 1.96. The maximum absolute atomic E-state index is 4.02. The number of fused-ring (bicyclic) bond motifs is 1. The van der Waals surface area contributed by atoms with Crippen LogP contribution in [0.25, 0.3) is 0 Å². The smallest absolute Gasteiger partial charge is 0.191 e. The van der Waals surface area contributed by atoms with Gasteiger partial charge in [-0.3, -0.25) is 5.32 Å². The van der Waals surface area contributed by atoms with Gasteiger partial charge in [0.15, 0.2) is 5.82 Å². The number of aromatic nitrogens is 4. The Kier molecular flexibility index (Phi) is 3.29. The van der Waals surface area contributed by atoms with E-state index in [0.717, 1.165) is 11.5 Å². The first-order valence-electron chi connectivity index (χ1n) is 5.99. The van der Waals surface area contributed by atoms with Crippen molar-refractivity contribution in [1.82, 2.24) is 25.9 Å². The fourth-order valence-electron chi connectivity index (χ4n) is 2.25. The second-order valence-electron chi connectivity index (χ2n) is 4.42. The molecule has 94 valence electrons. The molecule has 6 heteroatoms. The van der Waals surface area contributed by atoms with Crippen molar-refractivity contribution in [2.24, 2.45) is 0 Å². The van der Waals surface area contributed by atoms with Gasteiger partial charge in [-0.1, -0.05) is 29.5 Å². The van der Waals surface area contributed by atoms with Crippen LogP contribution in [0.5, 0.6) is 0 Å². The van der Waals surface area contributed by atoms with Crippen molar-refractivity contribution in [3.63, 3.8) is 0 Å². The quantitative estimate of drug-likeness (QED) is 0.882.